The number of benzene rings is 1. The van der Waals surface area contributed by atoms with E-state index in [1.807, 2.05) is 32.3 Å². The summed E-state index contributed by atoms with van der Waals surface area (Å²) in [5.74, 6) is -0.295. The molecule has 1 heterocycles. The Morgan fingerprint density at radius 2 is 1.96 bits per heavy atom. The van der Waals surface area contributed by atoms with E-state index in [4.69, 9.17) is 4.74 Å². The van der Waals surface area contributed by atoms with Crippen LogP contribution >= 0.6 is 0 Å². The quantitative estimate of drug-likeness (QED) is 0.717. The zero-order chi connectivity index (χ0) is 18.9. The molecule has 26 heavy (non-hydrogen) atoms. The molecule has 1 N–H and O–H groups in total. The molecule has 7 heteroatoms. The lowest BCUT2D eigenvalue weighted by Gasteiger charge is -2.24. The lowest BCUT2D eigenvalue weighted by atomic mass is 10.1. The zero-order valence-electron chi connectivity index (χ0n) is 15.5. The van der Waals surface area contributed by atoms with Crippen molar-refractivity contribution in [3.05, 3.63) is 64.1 Å². The molecule has 0 saturated carbocycles. The lowest BCUT2D eigenvalue weighted by Crippen LogP contribution is -2.42. The third kappa shape index (κ3) is 5.79. The molecule has 1 atom stereocenters. The van der Waals surface area contributed by atoms with Crippen molar-refractivity contribution in [1.82, 2.24) is 20.0 Å². The van der Waals surface area contributed by atoms with Crippen molar-refractivity contribution >= 4 is 5.91 Å². The first-order valence-electron chi connectivity index (χ1n) is 8.57. The van der Waals surface area contributed by atoms with Crippen LogP contribution in [0, 0.1) is 0 Å². The average molecular weight is 358 g/mol. The van der Waals surface area contributed by atoms with E-state index in [-0.39, 0.29) is 23.2 Å². The fraction of sp³-hybridized carbons (Fsp3) is 0.421. The van der Waals surface area contributed by atoms with E-state index in [0.717, 1.165) is 6.42 Å². The molecule has 0 radical (unpaired) electrons. The topological polar surface area (TPSA) is 76.5 Å². The molecule has 1 aromatic carbocycles. The van der Waals surface area contributed by atoms with Gasteiger partial charge in [-0.05, 0) is 32.1 Å². The molecule has 0 aliphatic rings. The number of hydrogen-bond donors (Lipinski definition) is 1. The van der Waals surface area contributed by atoms with Gasteiger partial charge in [0.05, 0.1) is 13.2 Å². The van der Waals surface area contributed by atoms with Crippen LogP contribution in [0.2, 0.25) is 0 Å². The first kappa shape index (κ1) is 19.8. The van der Waals surface area contributed by atoms with E-state index in [1.165, 1.54) is 22.4 Å². The standard InChI is InChI=1S/C19H26N4O3/c1-22(2)16(13-15-7-5-4-6-8-15)14-20-19(25)17-9-10-18(24)23(21-17)11-12-26-3/h4-10,16H,11-14H2,1-3H3,(H,20,25). The predicted molar refractivity (Wildman–Crippen MR) is 100 cm³/mol. The first-order valence-corrected chi connectivity index (χ1v) is 8.57. The summed E-state index contributed by atoms with van der Waals surface area (Å²) in [5, 5.41) is 7.03. The van der Waals surface area contributed by atoms with E-state index in [9.17, 15) is 9.59 Å². The molecular formula is C19H26N4O3. The Kier molecular flexibility index (Phi) is 7.50. The Labute approximate surface area is 153 Å². The summed E-state index contributed by atoms with van der Waals surface area (Å²) in [6, 6.07) is 13.1. The van der Waals surface area contributed by atoms with E-state index >= 15 is 0 Å². The molecule has 0 fully saturated rings. The summed E-state index contributed by atoms with van der Waals surface area (Å²) in [7, 11) is 5.53. The van der Waals surface area contributed by atoms with Gasteiger partial charge in [-0.3, -0.25) is 9.59 Å². The molecule has 0 spiro atoms. The van der Waals surface area contributed by atoms with Crippen LogP contribution in [0.15, 0.2) is 47.3 Å². The molecule has 2 aromatic rings. The Bertz CT molecular complexity index is 759. The number of carbonyl (C=O) groups excluding carboxylic acids is 1. The van der Waals surface area contributed by atoms with E-state index in [0.29, 0.717) is 19.7 Å². The lowest BCUT2D eigenvalue weighted by molar-refractivity contribution is 0.0933. The molecular weight excluding hydrogens is 332 g/mol. The number of rotatable bonds is 9. The van der Waals surface area contributed by atoms with Crippen LogP contribution in [0.5, 0.6) is 0 Å². The molecule has 1 unspecified atom stereocenters. The van der Waals surface area contributed by atoms with Crippen LogP contribution in [-0.4, -0.2) is 61.0 Å². The van der Waals surface area contributed by atoms with Crippen molar-refractivity contribution in [1.29, 1.82) is 0 Å². The van der Waals surface area contributed by atoms with Crippen LogP contribution in [0.4, 0.5) is 0 Å². The maximum atomic E-state index is 12.4. The molecule has 0 bridgehead atoms. The van der Waals surface area contributed by atoms with Crippen LogP contribution in [0.25, 0.3) is 0 Å². The van der Waals surface area contributed by atoms with Gasteiger partial charge in [0.2, 0.25) is 0 Å². The maximum absolute atomic E-state index is 12.4. The van der Waals surface area contributed by atoms with Gasteiger partial charge in [-0.15, -0.1) is 0 Å². The Hall–Kier alpha value is -2.51. The van der Waals surface area contributed by atoms with Crippen LogP contribution in [0.3, 0.4) is 0 Å². The molecule has 140 valence electrons. The highest BCUT2D eigenvalue weighted by Gasteiger charge is 2.15. The van der Waals surface area contributed by atoms with E-state index < -0.39 is 0 Å². The Morgan fingerprint density at radius 3 is 2.62 bits per heavy atom. The maximum Gasteiger partial charge on any atom is 0.271 e. The minimum absolute atomic E-state index is 0.153. The summed E-state index contributed by atoms with van der Waals surface area (Å²) in [5.41, 5.74) is 1.18. The second kappa shape index (κ2) is 9.84. The highest BCUT2D eigenvalue weighted by Crippen LogP contribution is 2.06. The van der Waals surface area contributed by atoms with Crippen molar-refractivity contribution in [3.63, 3.8) is 0 Å². The monoisotopic (exact) mass is 358 g/mol. The molecule has 2 rings (SSSR count). The highest BCUT2D eigenvalue weighted by molar-refractivity contribution is 5.92. The van der Waals surface area contributed by atoms with Crippen molar-refractivity contribution in [3.8, 4) is 0 Å². The van der Waals surface area contributed by atoms with E-state index in [1.54, 1.807) is 7.11 Å². The highest BCUT2D eigenvalue weighted by atomic mass is 16.5. The van der Waals surface area contributed by atoms with Crippen LogP contribution in [0.1, 0.15) is 16.1 Å². The minimum atomic E-state index is -0.295. The SMILES string of the molecule is COCCn1nc(C(=O)NCC(Cc2ccccc2)N(C)C)ccc1=O. The largest absolute Gasteiger partial charge is 0.383 e. The number of hydrogen-bond acceptors (Lipinski definition) is 5. The number of nitrogens with zero attached hydrogens (tertiary/aromatic N) is 3. The molecule has 1 aromatic heterocycles. The summed E-state index contributed by atoms with van der Waals surface area (Å²) >= 11 is 0. The van der Waals surface area contributed by atoms with Crippen molar-refractivity contribution in [2.24, 2.45) is 0 Å². The minimum Gasteiger partial charge on any atom is -0.383 e. The van der Waals surface area contributed by atoms with Gasteiger partial charge < -0.3 is 15.0 Å². The van der Waals surface area contributed by atoms with Gasteiger partial charge in [-0.1, -0.05) is 30.3 Å². The third-order valence-electron chi connectivity index (χ3n) is 4.15. The summed E-state index contributed by atoms with van der Waals surface area (Å²) in [4.78, 5) is 26.3. The number of aromatic nitrogens is 2. The molecule has 0 aliphatic heterocycles. The normalized spacial score (nSPS) is 12.2. The zero-order valence-corrected chi connectivity index (χ0v) is 15.5. The Balaban J connectivity index is 2.00. The van der Waals surface area contributed by atoms with Gasteiger partial charge >= 0.3 is 0 Å². The first-order chi connectivity index (χ1) is 12.5. The summed E-state index contributed by atoms with van der Waals surface area (Å²) < 4.78 is 6.20. The molecule has 0 saturated heterocycles. The smallest absolute Gasteiger partial charge is 0.271 e. The second-order valence-corrected chi connectivity index (χ2v) is 6.29. The van der Waals surface area contributed by atoms with E-state index in [2.05, 4.69) is 27.4 Å². The van der Waals surface area contributed by atoms with Crippen molar-refractivity contribution in [2.75, 3.05) is 34.4 Å². The molecule has 1 amide bonds. The average Bonchev–Trinajstić information content (AvgIpc) is 2.64. The number of methoxy groups -OCH3 is 1. The number of ether oxygens (including phenoxy) is 1. The van der Waals surface area contributed by atoms with Gasteiger partial charge in [0.1, 0.15) is 5.69 Å². The van der Waals surface area contributed by atoms with Crippen LogP contribution in [-0.2, 0) is 17.7 Å². The van der Waals surface area contributed by atoms with Gasteiger partial charge in [0.25, 0.3) is 11.5 Å². The van der Waals surface area contributed by atoms with Gasteiger partial charge in [-0.2, -0.15) is 5.10 Å². The van der Waals surface area contributed by atoms with Gasteiger partial charge in [0, 0.05) is 25.8 Å². The van der Waals surface area contributed by atoms with Gasteiger partial charge in [-0.25, -0.2) is 4.68 Å². The number of likely N-dealkylation sites (N-methyl/N-ethyl adjacent to an activating group) is 1. The van der Waals surface area contributed by atoms with Gasteiger partial charge in [0.15, 0.2) is 0 Å². The van der Waals surface area contributed by atoms with Crippen LogP contribution < -0.4 is 10.9 Å². The Morgan fingerprint density at radius 1 is 1.23 bits per heavy atom. The predicted octanol–water partition coefficient (Wildman–Crippen LogP) is 0.792. The van der Waals surface area contributed by atoms with Crippen molar-refractivity contribution < 1.29 is 9.53 Å². The van der Waals surface area contributed by atoms with Crippen molar-refractivity contribution in [2.45, 2.75) is 19.0 Å². The molecule has 0 aliphatic carbocycles. The summed E-state index contributed by atoms with van der Waals surface area (Å²) in [6.45, 7) is 1.15. The fourth-order valence-corrected chi connectivity index (χ4v) is 2.53. The number of carbonyl (C=O) groups is 1. The third-order valence-corrected chi connectivity index (χ3v) is 4.15. The second-order valence-electron chi connectivity index (χ2n) is 6.29. The number of nitrogens with one attached hydrogen (secondary N) is 1. The molecule has 7 nitrogen and oxygen atoms in total. The summed E-state index contributed by atoms with van der Waals surface area (Å²) in [6.07, 6.45) is 0.828. The fourth-order valence-electron chi connectivity index (χ4n) is 2.53. The number of amides is 1.